The molecule has 0 aliphatic carbocycles. The number of primary amides is 1. The molecule has 8 nitrogen and oxygen atoms in total. The van der Waals surface area contributed by atoms with Crippen LogP contribution in [0, 0.1) is 0 Å². The molecule has 0 bridgehead atoms. The van der Waals surface area contributed by atoms with Gasteiger partial charge in [0.25, 0.3) is 5.91 Å². The van der Waals surface area contributed by atoms with Crippen LogP contribution >= 0.6 is 11.6 Å². The van der Waals surface area contributed by atoms with E-state index in [9.17, 15) is 18.0 Å². The molecule has 1 aliphatic rings. The van der Waals surface area contributed by atoms with Gasteiger partial charge in [-0.25, -0.2) is 13.2 Å². The second kappa shape index (κ2) is 7.47. The maximum Gasteiger partial charge on any atom is 0.338 e. The van der Waals surface area contributed by atoms with Gasteiger partial charge in [0, 0.05) is 13.1 Å². The molecule has 24 heavy (non-hydrogen) atoms. The van der Waals surface area contributed by atoms with Crippen LogP contribution in [0.5, 0.6) is 0 Å². The molecule has 0 unspecified atom stereocenters. The number of halogens is 1. The third-order valence-electron chi connectivity index (χ3n) is 3.44. The van der Waals surface area contributed by atoms with Crippen molar-refractivity contribution in [2.75, 3.05) is 26.3 Å². The van der Waals surface area contributed by atoms with Crippen molar-refractivity contribution < 1.29 is 27.5 Å². The lowest BCUT2D eigenvalue weighted by atomic mass is 10.2. The molecule has 0 spiro atoms. The van der Waals surface area contributed by atoms with Gasteiger partial charge < -0.3 is 15.2 Å². The number of sulfonamides is 1. The smallest absolute Gasteiger partial charge is 0.338 e. The number of ether oxygens (including phenoxy) is 2. The van der Waals surface area contributed by atoms with E-state index in [1.165, 1.54) is 23.4 Å². The molecule has 1 heterocycles. The van der Waals surface area contributed by atoms with E-state index >= 15 is 0 Å². The fraction of sp³-hybridized carbons (Fsp3) is 0.429. The van der Waals surface area contributed by atoms with Crippen LogP contribution in [0.3, 0.4) is 0 Å². The van der Waals surface area contributed by atoms with E-state index in [1.54, 1.807) is 0 Å². The Kier molecular flexibility index (Phi) is 5.81. The molecule has 2 rings (SSSR count). The van der Waals surface area contributed by atoms with Gasteiger partial charge >= 0.3 is 5.97 Å². The highest BCUT2D eigenvalue weighted by atomic mass is 35.5. The number of esters is 1. The van der Waals surface area contributed by atoms with Crippen LogP contribution in [0.2, 0.25) is 5.02 Å². The van der Waals surface area contributed by atoms with Crippen LogP contribution in [0.15, 0.2) is 23.1 Å². The summed E-state index contributed by atoms with van der Waals surface area (Å²) < 4.78 is 36.6. The SMILES string of the molecule is C[C@H](OC(=O)c1ccc(Cl)c(S(=O)(=O)N2CCOCC2)c1)C(N)=O. The Hall–Kier alpha value is -1.68. The molecule has 132 valence electrons. The summed E-state index contributed by atoms with van der Waals surface area (Å²) in [5, 5.41) is -0.0130. The fourth-order valence-electron chi connectivity index (χ4n) is 2.04. The van der Waals surface area contributed by atoms with Crippen molar-refractivity contribution in [3.63, 3.8) is 0 Å². The number of hydrogen-bond acceptors (Lipinski definition) is 6. The first-order valence-corrected chi connectivity index (χ1v) is 8.93. The number of benzene rings is 1. The quantitative estimate of drug-likeness (QED) is 0.743. The van der Waals surface area contributed by atoms with Crippen molar-refractivity contribution in [3.05, 3.63) is 28.8 Å². The zero-order valence-corrected chi connectivity index (χ0v) is 14.5. The van der Waals surface area contributed by atoms with Gasteiger partial charge in [-0.1, -0.05) is 11.6 Å². The van der Waals surface area contributed by atoms with E-state index < -0.39 is 28.0 Å². The summed E-state index contributed by atoms with van der Waals surface area (Å²) in [5.74, 6) is -1.67. The second-order valence-electron chi connectivity index (χ2n) is 5.11. The van der Waals surface area contributed by atoms with Crippen molar-refractivity contribution in [1.29, 1.82) is 0 Å². The molecule has 2 N–H and O–H groups in total. The van der Waals surface area contributed by atoms with Crippen molar-refractivity contribution >= 4 is 33.5 Å². The monoisotopic (exact) mass is 376 g/mol. The van der Waals surface area contributed by atoms with Crippen molar-refractivity contribution in [3.8, 4) is 0 Å². The van der Waals surface area contributed by atoms with E-state index in [-0.39, 0.29) is 41.8 Å². The number of carbonyl (C=O) groups is 2. The van der Waals surface area contributed by atoms with Gasteiger partial charge in [-0.3, -0.25) is 4.79 Å². The normalized spacial score (nSPS) is 17.2. The predicted octanol–water partition coefficient (Wildman–Crippen LogP) is 0.392. The molecule has 1 aliphatic heterocycles. The van der Waals surface area contributed by atoms with Crippen molar-refractivity contribution in [2.45, 2.75) is 17.9 Å². The topological polar surface area (TPSA) is 116 Å². The Morgan fingerprint density at radius 3 is 2.54 bits per heavy atom. The molecule has 10 heteroatoms. The third kappa shape index (κ3) is 4.04. The first kappa shape index (κ1) is 18.7. The van der Waals surface area contributed by atoms with Gasteiger partial charge in [0.05, 0.1) is 23.8 Å². The Morgan fingerprint density at radius 2 is 1.96 bits per heavy atom. The van der Waals surface area contributed by atoms with E-state index in [1.807, 2.05) is 0 Å². The highest BCUT2D eigenvalue weighted by Gasteiger charge is 2.29. The summed E-state index contributed by atoms with van der Waals surface area (Å²) in [6, 6.07) is 3.74. The van der Waals surface area contributed by atoms with Crippen LogP contribution in [-0.2, 0) is 24.3 Å². The van der Waals surface area contributed by atoms with E-state index in [2.05, 4.69) is 0 Å². The van der Waals surface area contributed by atoms with Crippen LogP contribution < -0.4 is 5.73 Å². The fourth-order valence-corrected chi connectivity index (χ4v) is 3.95. The highest BCUT2D eigenvalue weighted by Crippen LogP contribution is 2.27. The van der Waals surface area contributed by atoms with Crippen molar-refractivity contribution in [1.82, 2.24) is 4.31 Å². The average Bonchev–Trinajstić information content (AvgIpc) is 2.55. The zero-order valence-electron chi connectivity index (χ0n) is 12.9. The van der Waals surface area contributed by atoms with Crippen molar-refractivity contribution in [2.24, 2.45) is 5.73 Å². The molecule has 0 saturated carbocycles. The van der Waals surface area contributed by atoms with Crippen LogP contribution in [0.1, 0.15) is 17.3 Å². The largest absolute Gasteiger partial charge is 0.449 e. The van der Waals surface area contributed by atoms with E-state index in [4.69, 9.17) is 26.8 Å². The molecular formula is C14H17ClN2O6S. The highest BCUT2D eigenvalue weighted by molar-refractivity contribution is 7.89. The van der Waals surface area contributed by atoms with Crippen LogP contribution in [0.25, 0.3) is 0 Å². The van der Waals surface area contributed by atoms with Gasteiger partial charge in [0.15, 0.2) is 6.10 Å². The second-order valence-corrected chi connectivity index (χ2v) is 7.43. The number of morpholine rings is 1. The zero-order chi connectivity index (χ0) is 17.9. The predicted molar refractivity (Wildman–Crippen MR) is 85.1 cm³/mol. The number of nitrogens with zero attached hydrogens (tertiary/aromatic N) is 1. The molecule has 0 radical (unpaired) electrons. The lowest BCUT2D eigenvalue weighted by Crippen LogP contribution is -2.40. The summed E-state index contributed by atoms with van der Waals surface area (Å²) in [6.45, 7) is 2.29. The number of amides is 1. The van der Waals surface area contributed by atoms with Gasteiger partial charge in [-0.15, -0.1) is 0 Å². The summed E-state index contributed by atoms with van der Waals surface area (Å²) >= 11 is 6.00. The van der Waals surface area contributed by atoms with Gasteiger partial charge in [0.1, 0.15) is 4.90 Å². The van der Waals surface area contributed by atoms with E-state index in [0.29, 0.717) is 0 Å². The number of carbonyl (C=O) groups excluding carboxylic acids is 2. The standard InChI is InChI=1S/C14H17ClN2O6S/c1-9(13(16)18)23-14(19)10-2-3-11(15)12(8-10)24(20,21)17-4-6-22-7-5-17/h2-3,8-9H,4-7H2,1H3,(H2,16,18)/t9-/m0/s1. The summed E-state index contributed by atoms with van der Waals surface area (Å²) in [6.07, 6.45) is -1.13. The van der Waals surface area contributed by atoms with Crippen LogP contribution in [0.4, 0.5) is 0 Å². The molecule has 1 amide bonds. The van der Waals surface area contributed by atoms with Crippen LogP contribution in [-0.4, -0.2) is 57.0 Å². The lowest BCUT2D eigenvalue weighted by Gasteiger charge is -2.26. The first-order valence-electron chi connectivity index (χ1n) is 7.11. The summed E-state index contributed by atoms with van der Waals surface area (Å²) in [4.78, 5) is 22.8. The van der Waals surface area contributed by atoms with Gasteiger partial charge in [0.2, 0.25) is 10.0 Å². The lowest BCUT2D eigenvalue weighted by molar-refractivity contribution is -0.125. The maximum absolute atomic E-state index is 12.7. The maximum atomic E-state index is 12.7. The molecule has 1 aromatic rings. The van der Waals surface area contributed by atoms with E-state index in [0.717, 1.165) is 6.07 Å². The minimum absolute atomic E-state index is 0.0130. The number of hydrogen-bond donors (Lipinski definition) is 1. The summed E-state index contributed by atoms with van der Waals surface area (Å²) in [5.41, 5.74) is 4.99. The Balaban J connectivity index is 2.31. The molecule has 1 aromatic carbocycles. The average molecular weight is 377 g/mol. The number of nitrogens with two attached hydrogens (primary N) is 1. The minimum Gasteiger partial charge on any atom is -0.449 e. The molecule has 1 saturated heterocycles. The summed E-state index contributed by atoms with van der Waals surface area (Å²) in [7, 11) is -3.87. The molecule has 1 fully saturated rings. The Bertz CT molecular complexity index is 746. The molecular weight excluding hydrogens is 360 g/mol. The van der Waals surface area contributed by atoms with Gasteiger partial charge in [-0.05, 0) is 25.1 Å². The van der Waals surface area contributed by atoms with Gasteiger partial charge in [-0.2, -0.15) is 4.31 Å². The molecule has 0 aromatic heterocycles. The minimum atomic E-state index is -3.87. The third-order valence-corrected chi connectivity index (χ3v) is 5.82. The number of rotatable bonds is 5. The molecule has 1 atom stereocenters. The first-order chi connectivity index (χ1) is 11.2. The Morgan fingerprint density at radius 1 is 1.33 bits per heavy atom. The Labute approximate surface area is 144 Å².